The average molecular weight is 460 g/mol. The Kier molecular flexibility index (Phi) is 15.6. The maximum atomic E-state index is 6.30. The van der Waals surface area contributed by atoms with Crippen LogP contribution in [0.15, 0.2) is 30.3 Å². The molecular weight excluding hydrogens is 419 g/mol. The number of unbranched alkanes of at least 4 members (excludes halogenated alkanes) is 6. The average Bonchev–Trinajstić information content (AvgIpc) is 2.71. The number of benzene rings is 1. The molecule has 1 rings (SSSR count). The summed E-state index contributed by atoms with van der Waals surface area (Å²) in [5, 5.41) is 0. The molecule has 5 heteroatoms. The van der Waals surface area contributed by atoms with Gasteiger partial charge in [-0.25, -0.2) is 0 Å². The van der Waals surface area contributed by atoms with Crippen molar-refractivity contribution in [3.05, 3.63) is 35.9 Å². The summed E-state index contributed by atoms with van der Waals surface area (Å²) in [4.78, 5) is 0. The summed E-state index contributed by atoms with van der Waals surface area (Å²) >= 11 is -4.01. The zero-order valence-electron chi connectivity index (χ0n) is 17.7. The van der Waals surface area contributed by atoms with Gasteiger partial charge in [0.15, 0.2) is 0 Å². The van der Waals surface area contributed by atoms with E-state index in [1.165, 1.54) is 19.3 Å². The Morgan fingerprint density at radius 1 is 0.593 bits per heavy atom. The van der Waals surface area contributed by atoms with Crippen molar-refractivity contribution >= 4 is 0 Å². The summed E-state index contributed by atoms with van der Waals surface area (Å²) in [7, 11) is 0. The van der Waals surface area contributed by atoms with Crippen LogP contribution in [0.5, 0.6) is 0 Å². The first-order valence-corrected chi connectivity index (χ1v) is 14.9. The van der Waals surface area contributed by atoms with Crippen LogP contribution in [-0.4, -0.2) is 19.8 Å². The predicted molar refractivity (Wildman–Crippen MR) is 108 cm³/mol. The van der Waals surface area contributed by atoms with Crippen LogP contribution in [0.25, 0.3) is 0 Å². The third-order valence-electron chi connectivity index (χ3n) is 4.34. The minimum absolute atomic E-state index is 0.492. The van der Waals surface area contributed by atoms with Crippen LogP contribution in [0.3, 0.4) is 0 Å². The van der Waals surface area contributed by atoms with Crippen molar-refractivity contribution in [3.8, 4) is 0 Å². The molecule has 0 heterocycles. The molecule has 0 saturated carbocycles. The quantitative estimate of drug-likeness (QED) is 0.231. The van der Waals surface area contributed by atoms with E-state index in [1.54, 1.807) is 0 Å². The Balaban J connectivity index is 2.71. The fraction of sp³-hybridized carbons (Fsp3) is 0.727. The second-order valence-electron chi connectivity index (χ2n) is 6.94. The first kappa shape index (κ1) is 25.0. The Hall–Kier alpha value is -0.0569. The molecule has 1 aromatic rings. The first-order chi connectivity index (χ1) is 13.3. The molecule has 0 saturated heterocycles. The van der Waals surface area contributed by atoms with Crippen LogP contribution in [0.4, 0.5) is 0 Å². The third-order valence-corrected chi connectivity index (χ3v) is 9.67. The van der Waals surface area contributed by atoms with E-state index >= 15 is 0 Å². The Morgan fingerprint density at radius 2 is 1.04 bits per heavy atom. The Bertz CT molecular complexity index is 410. The van der Waals surface area contributed by atoms with Crippen molar-refractivity contribution in [2.45, 2.75) is 85.2 Å². The van der Waals surface area contributed by atoms with Gasteiger partial charge in [-0.1, -0.05) is 0 Å². The molecule has 0 spiro atoms. The fourth-order valence-electron chi connectivity index (χ4n) is 2.64. The summed E-state index contributed by atoms with van der Waals surface area (Å²) in [5.74, 6) is 0. The molecule has 0 radical (unpaired) electrons. The molecule has 0 unspecified atom stereocenters. The number of rotatable bonds is 18. The van der Waals surface area contributed by atoms with E-state index < -0.39 is 22.0 Å². The van der Waals surface area contributed by atoms with Crippen molar-refractivity contribution in [3.63, 3.8) is 0 Å². The van der Waals surface area contributed by atoms with Crippen LogP contribution >= 0.6 is 0 Å². The summed E-state index contributed by atoms with van der Waals surface area (Å²) in [6.45, 7) is 9.09. The van der Waals surface area contributed by atoms with E-state index in [1.807, 2.05) is 18.2 Å². The van der Waals surface area contributed by atoms with Crippen LogP contribution in [0, 0.1) is 0 Å². The molecule has 1 aromatic carbocycles. The Morgan fingerprint density at radius 3 is 1.44 bits per heavy atom. The van der Waals surface area contributed by atoms with Crippen molar-refractivity contribution in [2.24, 2.45) is 0 Å². The van der Waals surface area contributed by atoms with Gasteiger partial charge < -0.3 is 0 Å². The van der Waals surface area contributed by atoms with E-state index in [9.17, 15) is 0 Å². The van der Waals surface area contributed by atoms with Gasteiger partial charge in [0.1, 0.15) is 0 Å². The van der Waals surface area contributed by atoms with Gasteiger partial charge in [0.2, 0.25) is 0 Å². The molecule has 0 amide bonds. The first-order valence-electron chi connectivity index (χ1n) is 10.9. The summed E-state index contributed by atoms with van der Waals surface area (Å²) in [5.41, 5.74) is 1.13. The van der Waals surface area contributed by atoms with Gasteiger partial charge in [-0.2, -0.15) is 0 Å². The summed E-state index contributed by atoms with van der Waals surface area (Å²) in [6.07, 6.45) is 10.1. The second-order valence-corrected chi connectivity index (χ2v) is 12.2. The van der Waals surface area contributed by atoms with Crippen molar-refractivity contribution in [2.75, 3.05) is 19.8 Å². The van der Waals surface area contributed by atoms with Crippen molar-refractivity contribution < 1.29 is 33.3 Å². The van der Waals surface area contributed by atoms with Crippen LogP contribution < -0.4 is 0 Å². The molecule has 156 valence electrons. The van der Waals surface area contributed by atoms with Crippen molar-refractivity contribution in [1.29, 1.82) is 0 Å². The maximum absolute atomic E-state index is 6.30. The minimum atomic E-state index is -4.01. The Labute approximate surface area is 173 Å². The molecule has 0 atom stereocenters. The van der Waals surface area contributed by atoms with E-state index in [0.29, 0.717) is 26.4 Å². The molecule has 0 aliphatic heterocycles. The van der Waals surface area contributed by atoms with E-state index in [2.05, 4.69) is 32.9 Å². The van der Waals surface area contributed by atoms with E-state index in [-0.39, 0.29) is 0 Å². The SMILES string of the molecule is CCCCC[O][Zr]([O]CCCCC)([O]CCCCC)[O]Cc1ccccc1. The normalized spacial score (nSPS) is 11.8. The van der Waals surface area contributed by atoms with E-state index in [0.717, 1.165) is 44.1 Å². The second kappa shape index (κ2) is 16.9. The topological polar surface area (TPSA) is 36.9 Å². The summed E-state index contributed by atoms with van der Waals surface area (Å²) < 4.78 is 25.1. The number of hydrogen-bond acceptors (Lipinski definition) is 4. The van der Waals surface area contributed by atoms with Gasteiger partial charge in [0, 0.05) is 0 Å². The predicted octanol–water partition coefficient (Wildman–Crippen LogP) is 6.64. The van der Waals surface area contributed by atoms with Crippen molar-refractivity contribution in [1.82, 2.24) is 0 Å². The summed E-state index contributed by atoms with van der Waals surface area (Å²) in [6, 6.07) is 10.2. The van der Waals surface area contributed by atoms with Gasteiger partial charge in [-0.3, -0.25) is 0 Å². The molecule has 0 N–H and O–H groups in total. The third kappa shape index (κ3) is 12.2. The van der Waals surface area contributed by atoms with Crippen LogP contribution in [0.1, 0.15) is 84.1 Å². The molecule has 27 heavy (non-hydrogen) atoms. The molecule has 4 nitrogen and oxygen atoms in total. The zero-order valence-corrected chi connectivity index (χ0v) is 20.2. The van der Waals surface area contributed by atoms with Crippen LogP contribution in [-0.2, 0) is 39.9 Å². The fourth-order valence-corrected chi connectivity index (χ4v) is 7.62. The molecule has 0 aromatic heterocycles. The molecule has 0 aliphatic carbocycles. The standard InChI is InChI=1S/C7H7O.3C5H11O.Zr/c8-6-7-4-2-1-3-5-7;3*1-2-3-4-5-6;/h1-5H,6H2;3*2-5H2,1H3;/q4*-1;+4. The molecule has 0 fully saturated rings. The van der Waals surface area contributed by atoms with Gasteiger partial charge in [0.05, 0.1) is 0 Å². The zero-order chi connectivity index (χ0) is 19.6. The number of hydrogen-bond donors (Lipinski definition) is 0. The van der Waals surface area contributed by atoms with Gasteiger partial charge in [-0.05, 0) is 0 Å². The van der Waals surface area contributed by atoms with Gasteiger partial charge >= 0.3 is 174 Å². The van der Waals surface area contributed by atoms with E-state index in [4.69, 9.17) is 11.3 Å². The molecule has 0 bridgehead atoms. The van der Waals surface area contributed by atoms with Crippen LogP contribution in [0.2, 0.25) is 0 Å². The molecule has 0 aliphatic rings. The molecular formula is C22H40O4Zr. The van der Waals surface area contributed by atoms with Gasteiger partial charge in [-0.15, -0.1) is 0 Å². The van der Waals surface area contributed by atoms with Gasteiger partial charge in [0.25, 0.3) is 0 Å². The monoisotopic (exact) mass is 458 g/mol.